The van der Waals surface area contributed by atoms with Crippen LogP contribution in [0.3, 0.4) is 0 Å². The van der Waals surface area contributed by atoms with Crippen molar-refractivity contribution in [3.8, 4) is 0 Å². The van der Waals surface area contributed by atoms with Gasteiger partial charge in [-0.15, -0.1) is 0 Å². The molecule has 1 N–H and O–H groups in total. The van der Waals surface area contributed by atoms with Crippen molar-refractivity contribution in [1.29, 1.82) is 0 Å². The molecule has 2 unspecified atom stereocenters. The average Bonchev–Trinajstić information content (AvgIpc) is 2.83. The molecule has 1 heterocycles. The molecule has 0 aromatic rings. The first-order valence-electron chi connectivity index (χ1n) is 6.44. The van der Waals surface area contributed by atoms with E-state index in [1.807, 2.05) is 0 Å². The van der Waals surface area contributed by atoms with Gasteiger partial charge in [0.05, 0.1) is 6.61 Å². The maximum absolute atomic E-state index is 5.64. The zero-order valence-electron chi connectivity index (χ0n) is 10.8. The van der Waals surface area contributed by atoms with Gasteiger partial charge >= 0.3 is 0 Å². The van der Waals surface area contributed by atoms with E-state index in [1.165, 1.54) is 19.3 Å². The SMILES string of the molecule is COC1(CNC2CCCC2(C)C)CCOC1. The molecular formula is C13H25NO2. The molecule has 0 spiro atoms. The monoisotopic (exact) mass is 227 g/mol. The summed E-state index contributed by atoms with van der Waals surface area (Å²) in [5.41, 5.74) is 0.368. The van der Waals surface area contributed by atoms with E-state index < -0.39 is 0 Å². The zero-order chi connectivity index (χ0) is 11.6. The molecule has 1 aliphatic carbocycles. The van der Waals surface area contributed by atoms with E-state index in [2.05, 4.69) is 19.2 Å². The second kappa shape index (κ2) is 4.63. The molecule has 94 valence electrons. The molecule has 0 radical (unpaired) electrons. The van der Waals surface area contributed by atoms with Crippen molar-refractivity contribution in [2.24, 2.45) is 5.41 Å². The van der Waals surface area contributed by atoms with Gasteiger partial charge in [-0.3, -0.25) is 0 Å². The molecule has 0 bridgehead atoms. The molecule has 16 heavy (non-hydrogen) atoms. The van der Waals surface area contributed by atoms with E-state index in [4.69, 9.17) is 9.47 Å². The third-order valence-electron chi connectivity index (χ3n) is 4.43. The van der Waals surface area contributed by atoms with Crippen LogP contribution in [0.25, 0.3) is 0 Å². The number of rotatable bonds is 4. The summed E-state index contributed by atoms with van der Waals surface area (Å²) in [7, 11) is 1.80. The standard InChI is InChI=1S/C13H25NO2/c1-12(2)6-4-5-11(12)14-9-13(15-3)7-8-16-10-13/h11,14H,4-10H2,1-3H3. The lowest BCUT2D eigenvalue weighted by molar-refractivity contribution is -0.0193. The van der Waals surface area contributed by atoms with E-state index in [-0.39, 0.29) is 5.60 Å². The van der Waals surface area contributed by atoms with Gasteiger partial charge in [0.15, 0.2) is 0 Å². The fourth-order valence-electron chi connectivity index (χ4n) is 2.98. The minimum atomic E-state index is -0.0708. The molecule has 0 amide bonds. The van der Waals surface area contributed by atoms with Crippen LogP contribution < -0.4 is 5.32 Å². The minimum absolute atomic E-state index is 0.0708. The summed E-state index contributed by atoms with van der Waals surface area (Å²) in [4.78, 5) is 0. The maximum Gasteiger partial charge on any atom is 0.106 e. The number of nitrogens with one attached hydrogen (secondary N) is 1. The molecule has 3 nitrogen and oxygen atoms in total. The second-order valence-corrected chi connectivity index (χ2v) is 6.00. The molecule has 3 heteroatoms. The Balaban J connectivity index is 1.86. The number of methoxy groups -OCH3 is 1. The summed E-state index contributed by atoms with van der Waals surface area (Å²) in [6.45, 7) is 7.23. The molecular weight excluding hydrogens is 202 g/mol. The predicted octanol–water partition coefficient (Wildman–Crippen LogP) is 1.96. The van der Waals surface area contributed by atoms with Gasteiger partial charge in [0.2, 0.25) is 0 Å². The Labute approximate surface area is 98.9 Å². The lowest BCUT2D eigenvalue weighted by atomic mass is 9.87. The Morgan fingerprint density at radius 2 is 2.19 bits per heavy atom. The van der Waals surface area contributed by atoms with E-state index in [0.29, 0.717) is 11.5 Å². The predicted molar refractivity (Wildman–Crippen MR) is 64.6 cm³/mol. The Hall–Kier alpha value is -0.120. The summed E-state index contributed by atoms with van der Waals surface area (Å²) in [6.07, 6.45) is 5.00. The highest BCUT2D eigenvalue weighted by Gasteiger charge is 2.39. The van der Waals surface area contributed by atoms with Crippen molar-refractivity contribution in [1.82, 2.24) is 5.32 Å². The highest BCUT2D eigenvalue weighted by molar-refractivity contribution is 4.94. The van der Waals surface area contributed by atoms with Crippen molar-refractivity contribution in [3.05, 3.63) is 0 Å². The lowest BCUT2D eigenvalue weighted by Crippen LogP contribution is -2.49. The molecule has 2 fully saturated rings. The van der Waals surface area contributed by atoms with Crippen LogP contribution in [0.15, 0.2) is 0 Å². The van der Waals surface area contributed by atoms with Crippen molar-refractivity contribution in [3.63, 3.8) is 0 Å². The van der Waals surface area contributed by atoms with Gasteiger partial charge in [-0.25, -0.2) is 0 Å². The first-order chi connectivity index (χ1) is 7.58. The van der Waals surface area contributed by atoms with Crippen LogP contribution >= 0.6 is 0 Å². The first kappa shape index (κ1) is 12.3. The van der Waals surface area contributed by atoms with Crippen molar-refractivity contribution in [2.45, 2.75) is 51.2 Å². The van der Waals surface area contributed by atoms with Crippen molar-refractivity contribution >= 4 is 0 Å². The molecule has 0 aromatic carbocycles. The van der Waals surface area contributed by atoms with Gasteiger partial charge < -0.3 is 14.8 Å². The molecule has 1 saturated heterocycles. The zero-order valence-corrected chi connectivity index (χ0v) is 10.8. The van der Waals surface area contributed by atoms with Crippen LogP contribution in [0.1, 0.15) is 39.5 Å². The Kier molecular flexibility index (Phi) is 3.57. The second-order valence-electron chi connectivity index (χ2n) is 6.00. The quantitative estimate of drug-likeness (QED) is 0.796. The Morgan fingerprint density at radius 1 is 1.38 bits per heavy atom. The minimum Gasteiger partial charge on any atom is -0.378 e. The van der Waals surface area contributed by atoms with E-state index in [0.717, 1.165) is 26.2 Å². The normalized spacial score (nSPS) is 38.1. The van der Waals surface area contributed by atoms with Crippen molar-refractivity contribution in [2.75, 3.05) is 26.9 Å². The van der Waals surface area contributed by atoms with E-state index in [1.54, 1.807) is 7.11 Å². The van der Waals surface area contributed by atoms with Gasteiger partial charge in [0.25, 0.3) is 0 Å². The average molecular weight is 227 g/mol. The lowest BCUT2D eigenvalue weighted by Gasteiger charge is -2.33. The van der Waals surface area contributed by atoms with Crippen LogP contribution in [0, 0.1) is 5.41 Å². The molecule has 2 rings (SSSR count). The van der Waals surface area contributed by atoms with Gasteiger partial charge in [-0.1, -0.05) is 20.3 Å². The fraction of sp³-hybridized carbons (Fsp3) is 1.00. The smallest absolute Gasteiger partial charge is 0.106 e. The molecule has 2 aliphatic rings. The summed E-state index contributed by atoms with van der Waals surface area (Å²) in [5.74, 6) is 0. The third-order valence-corrected chi connectivity index (χ3v) is 4.43. The fourth-order valence-corrected chi connectivity index (χ4v) is 2.98. The summed E-state index contributed by atoms with van der Waals surface area (Å²) in [5, 5.41) is 3.70. The number of hydrogen-bond donors (Lipinski definition) is 1. The number of hydrogen-bond acceptors (Lipinski definition) is 3. The first-order valence-corrected chi connectivity index (χ1v) is 6.44. The van der Waals surface area contributed by atoms with E-state index >= 15 is 0 Å². The molecule has 1 saturated carbocycles. The van der Waals surface area contributed by atoms with Gasteiger partial charge in [0, 0.05) is 32.7 Å². The van der Waals surface area contributed by atoms with E-state index in [9.17, 15) is 0 Å². The van der Waals surface area contributed by atoms with Crippen LogP contribution in [-0.2, 0) is 9.47 Å². The summed E-state index contributed by atoms with van der Waals surface area (Å²) >= 11 is 0. The van der Waals surface area contributed by atoms with Gasteiger partial charge in [-0.2, -0.15) is 0 Å². The van der Waals surface area contributed by atoms with Crippen molar-refractivity contribution < 1.29 is 9.47 Å². The highest BCUT2D eigenvalue weighted by atomic mass is 16.5. The van der Waals surface area contributed by atoms with Crippen LogP contribution in [0.5, 0.6) is 0 Å². The topological polar surface area (TPSA) is 30.5 Å². The maximum atomic E-state index is 5.64. The summed E-state index contributed by atoms with van der Waals surface area (Å²) in [6, 6.07) is 0.639. The number of ether oxygens (including phenoxy) is 2. The van der Waals surface area contributed by atoms with Crippen LogP contribution in [0.2, 0.25) is 0 Å². The summed E-state index contributed by atoms with van der Waals surface area (Å²) < 4.78 is 11.1. The molecule has 1 aliphatic heterocycles. The largest absolute Gasteiger partial charge is 0.378 e. The van der Waals surface area contributed by atoms with Crippen LogP contribution in [-0.4, -0.2) is 38.5 Å². The molecule has 2 atom stereocenters. The molecule has 0 aromatic heterocycles. The Bertz CT molecular complexity index is 234. The Morgan fingerprint density at radius 3 is 2.69 bits per heavy atom. The highest BCUT2D eigenvalue weighted by Crippen LogP contribution is 2.37. The van der Waals surface area contributed by atoms with Gasteiger partial charge in [0.1, 0.15) is 5.60 Å². The van der Waals surface area contributed by atoms with Crippen LogP contribution in [0.4, 0.5) is 0 Å². The third kappa shape index (κ3) is 2.41. The van der Waals surface area contributed by atoms with Gasteiger partial charge in [-0.05, 0) is 18.3 Å².